The number of halogens is 23. The first kappa shape index (κ1) is 102. The molecule has 1 aliphatic heterocycles. The molecule has 0 aromatic heterocycles. The largest absolute Gasteiger partial charge is 0.207 e. The van der Waals surface area contributed by atoms with Crippen molar-refractivity contribution in [2.45, 2.75) is 96.9 Å². The number of benzene rings is 13. The molecule has 0 aliphatic carbocycles. The van der Waals surface area contributed by atoms with Crippen molar-refractivity contribution in [3.05, 3.63) is 399 Å². The number of oxime groups is 1. The molecule has 1 aliphatic rings. The van der Waals surface area contributed by atoms with Crippen molar-refractivity contribution in [2.75, 3.05) is 24.2 Å². The number of thioether (sulfide) groups is 1. The molecule has 0 spiro atoms. The second-order valence-corrected chi connectivity index (χ2v) is 43.3. The molecule has 36 heteroatoms. The van der Waals surface area contributed by atoms with E-state index < -0.39 is 180 Å². The minimum atomic E-state index is -7.22. The zero-order valence-corrected chi connectivity index (χ0v) is 74.9. The molecule has 684 valence electrons. The van der Waals surface area contributed by atoms with Crippen LogP contribution in [0.15, 0.2) is 320 Å². The van der Waals surface area contributed by atoms with Gasteiger partial charge >= 0.3 is 68.8 Å². The summed E-state index contributed by atoms with van der Waals surface area (Å²) in [5, 5.41) is 15.4. The van der Waals surface area contributed by atoms with Gasteiger partial charge in [0, 0.05) is 25.2 Å². The molecule has 0 N–H and O–H groups in total. The van der Waals surface area contributed by atoms with Crippen LogP contribution in [-0.4, -0.2) is 43.8 Å². The molecule has 14 rings (SSSR count). The first-order valence-electron chi connectivity index (χ1n) is 39.1. The number of rotatable bonds is 22. The Balaban J connectivity index is 0.000000181. The van der Waals surface area contributed by atoms with Crippen LogP contribution in [0.2, 0.25) is 0 Å². The molecule has 0 saturated carbocycles. The van der Waals surface area contributed by atoms with Crippen molar-refractivity contribution in [1.82, 2.24) is 0 Å². The Morgan fingerprint density at radius 2 is 0.672 bits per heavy atom. The summed E-state index contributed by atoms with van der Waals surface area (Å²) in [6, 6.07) is 89.9. The van der Waals surface area contributed by atoms with Gasteiger partial charge in [0.05, 0.1) is 33.1 Å². The average molecular weight is 1960 g/mol. The quantitative estimate of drug-likeness (QED) is 0.00977. The summed E-state index contributed by atoms with van der Waals surface area (Å²) < 4.78 is 361. The van der Waals surface area contributed by atoms with Gasteiger partial charge in [0.2, 0.25) is 0 Å². The van der Waals surface area contributed by atoms with Gasteiger partial charge in [0.1, 0.15) is 63.8 Å². The number of hydrogen-bond donors (Lipinski definition) is 0. The minimum Gasteiger partial charge on any atom is -0.207 e. The second-order valence-electron chi connectivity index (χ2n) is 28.6. The van der Waals surface area contributed by atoms with E-state index >= 15 is 35.1 Å². The van der Waals surface area contributed by atoms with Gasteiger partial charge in [-0.2, -0.15) is 13.7 Å². The number of aryl methyl sites for hydroxylation is 2. The summed E-state index contributed by atoms with van der Waals surface area (Å²) in [6.07, 6.45) is -6.86. The summed E-state index contributed by atoms with van der Waals surface area (Å²) in [6.45, 7) is 3.28. The standard InChI is InChI=1S/C25H21S2.C24BF20.C24H19S2.C16H16N2O3S2.C6H15F3P/c1-20-19-24(17-18-25(20)26-21-11-5-2-6-12-21)27(22-13-7-3-8-14-22)23-15-9-4-10-16-23;26-5-1(6(27)14(35)21(42)13(5)34)25(2-7(28)15(36)22(43)16(37)8(2)29,3-9(30)17(38)23(44)18(39)10(3)31)4-11(32)19(40)24(45)20(41)12(4)33;1-4-10-20(11-5-1)25-21-16-18-24(19-17-21)26(22-12-6-2-7-13-22)23-14-8-3-9-15-23;1-3-10-23(19,20)21-18-16-14(8-9-22-16)15(11-17)13-7-5-4-6-12(13)2;1-4-10(7,8,9,5-2)6-3/h2-19H,1H3;;1-19H;4-9H,3,10H2,1-2H3;4-6H2,1-3H3/q+1;-1;+1;;-1/b;;;15-14+,18-16-;. The van der Waals surface area contributed by atoms with E-state index in [1.165, 1.54) is 87.1 Å². The molecule has 5 nitrogen and oxygen atoms in total. The molecule has 0 atom stereocenters. The predicted octanol–water partition coefficient (Wildman–Crippen LogP) is 27.4. The Labute approximate surface area is 757 Å². The first-order valence-corrected chi connectivity index (χ1v) is 48.5. The van der Waals surface area contributed by atoms with Crippen LogP contribution >= 0.6 is 42.2 Å². The van der Waals surface area contributed by atoms with E-state index in [-0.39, 0.29) is 27.5 Å². The maximum absolute atomic E-state index is 15.4. The summed E-state index contributed by atoms with van der Waals surface area (Å²) in [4.78, 5) is 13.2. The summed E-state index contributed by atoms with van der Waals surface area (Å²) in [5.74, 6) is -71.5. The van der Waals surface area contributed by atoms with Crippen LogP contribution in [0.25, 0.3) is 5.57 Å². The molecule has 0 saturated heterocycles. The molecule has 131 heavy (non-hydrogen) atoms. The smallest absolute Gasteiger partial charge is 0.200 e. The summed E-state index contributed by atoms with van der Waals surface area (Å²) >= 11 is 4.86. The van der Waals surface area contributed by atoms with E-state index in [0.29, 0.717) is 22.6 Å². The monoisotopic (exact) mass is 1960 g/mol. The van der Waals surface area contributed by atoms with Crippen molar-refractivity contribution in [1.29, 1.82) is 5.26 Å². The fourth-order valence-electron chi connectivity index (χ4n) is 13.4. The molecule has 0 amide bonds. The molecule has 0 bridgehead atoms. The van der Waals surface area contributed by atoms with Gasteiger partial charge in [0.25, 0.3) is 0 Å². The summed E-state index contributed by atoms with van der Waals surface area (Å²) in [5.41, 5.74) is -10.2. The molecule has 13 aromatic carbocycles. The third kappa shape index (κ3) is 22.6. The van der Waals surface area contributed by atoms with Crippen molar-refractivity contribution < 1.29 is 113 Å². The van der Waals surface area contributed by atoms with E-state index in [1.54, 1.807) is 30.2 Å². The van der Waals surface area contributed by atoms with Gasteiger partial charge < -0.3 is 0 Å². The Bertz CT molecular complexity index is 6110. The van der Waals surface area contributed by atoms with Crippen LogP contribution in [-0.2, 0) is 36.2 Å². The van der Waals surface area contributed by atoms with Crippen molar-refractivity contribution in [3.8, 4) is 6.07 Å². The van der Waals surface area contributed by atoms with Gasteiger partial charge in [-0.05, 0) is 164 Å². The van der Waals surface area contributed by atoms with Crippen LogP contribution in [0.1, 0.15) is 50.8 Å². The van der Waals surface area contributed by atoms with E-state index in [9.17, 15) is 79.0 Å². The van der Waals surface area contributed by atoms with E-state index in [1.807, 2.05) is 43.0 Å². The molecular formula is C95H71BF23N2O3PS6. The van der Waals surface area contributed by atoms with Crippen LogP contribution in [0.3, 0.4) is 0 Å². The fourth-order valence-corrected chi connectivity index (χ4v) is 22.3. The fraction of sp³-hybridized carbons (Fsp3) is 0.116. The van der Waals surface area contributed by atoms with Crippen LogP contribution in [0.4, 0.5) is 100 Å². The number of hydrogen-bond acceptors (Lipinski definition) is 8. The van der Waals surface area contributed by atoms with Crippen molar-refractivity contribution in [3.63, 3.8) is 0 Å². The second kappa shape index (κ2) is 43.1. The Morgan fingerprint density at radius 3 is 0.985 bits per heavy atom. The van der Waals surface area contributed by atoms with Crippen molar-refractivity contribution in [2.24, 2.45) is 5.16 Å². The van der Waals surface area contributed by atoms with Crippen molar-refractivity contribution >= 4 is 113 Å². The SMILES string of the molecule is CCCS(=O)(=O)O/N=C1\SC=C\C1=C(\C#N)c1ccccc1C.CC[P-](F)(F)(F)(CC)CC.Cc1cc([S+](c2ccccc2)c2ccccc2)ccc1Sc1ccccc1.Fc1c(F)c(F)c([B-](c2c(F)c(F)c(F)c(F)c2F)(c2c(F)c(F)c(F)c(F)c2F)c2c(F)c(F)c(F)c(F)c2F)c(F)c1F.c1ccc(Sc2ccc([S+](c3ccccc3)c3ccccc3)cc2)cc1. The van der Waals surface area contributed by atoms with E-state index in [2.05, 4.69) is 243 Å². The molecule has 13 aromatic rings. The zero-order valence-electron chi connectivity index (χ0n) is 69.1. The normalized spacial score (nSPS) is 13.2. The Morgan fingerprint density at radius 1 is 0.382 bits per heavy atom. The Hall–Kier alpha value is -11.1. The maximum Gasteiger partial charge on any atom is 0.200 e. The molecule has 0 radical (unpaired) electrons. The van der Waals surface area contributed by atoms with Crippen LogP contribution in [0.5, 0.6) is 0 Å². The first-order chi connectivity index (χ1) is 62.1. The number of nitriles is 1. The van der Waals surface area contributed by atoms with Crippen LogP contribution in [0, 0.1) is 142 Å². The Kier molecular flexibility index (Phi) is 33.5. The molecular weight excluding hydrogens is 1890 g/mol. The van der Waals surface area contributed by atoms with E-state index in [0.717, 1.165) is 11.1 Å². The van der Waals surface area contributed by atoms with Crippen LogP contribution < -0.4 is 21.9 Å². The van der Waals surface area contributed by atoms with Gasteiger partial charge in [-0.1, -0.05) is 181 Å². The summed E-state index contributed by atoms with van der Waals surface area (Å²) in [7, 11) is -3.85. The topological polar surface area (TPSA) is 79.5 Å². The third-order valence-corrected chi connectivity index (χ3v) is 34.0. The van der Waals surface area contributed by atoms with Gasteiger partial charge in [-0.15, -0.1) is 21.9 Å². The average Bonchev–Trinajstić information content (AvgIpc) is 0.724. The molecule has 0 unspecified atom stereocenters. The third-order valence-electron chi connectivity index (χ3n) is 20.6. The van der Waals surface area contributed by atoms with Gasteiger partial charge in [0.15, 0.2) is 99.2 Å². The van der Waals surface area contributed by atoms with E-state index in [4.69, 9.17) is 4.28 Å². The van der Waals surface area contributed by atoms with Gasteiger partial charge in [-0.25, -0.2) is 87.8 Å². The van der Waals surface area contributed by atoms with Gasteiger partial charge in [-0.3, -0.25) is 4.28 Å². The number of allylic oxidation sites excluding steroid dienone is 2. The maximum atomic E-state index is 15.4. The molecule has 0 fully saturated rings. The zero-order chi connectivity index (χ0) is 95.8. The predicted molar refractivity (Wildman–Crippen MR) is 473 cm³/mol. The number of nitrogens with zero attached hydrogens (tertiary/aromatic N) is 2. The molecule has 1 heterocycles. The minimum absolute atomic E-state index is 0.0786.